The van der Waals surface area contributed by atoms with Gasteiger partial charge in [0.05, 0.1) is 28.6 Å². The third kappa shape index (κ3) is 3.97. The average molecular weight is 486 g/mol. The van der Waals surface area contributed by atoms with Crippen molar-refractivity contribution in [1.29, 1.82) is 0 Å². The predicted octanol–water partition coefficient (Wildman–Crippen LogP) is 3.92. The molecular weight excluding hydrogens is 461 g/mol. The lowest BCUT2D eigenvalue weighted by molar-refractivity contribution is 0.148. The molecule has 7 nitrogen and oxygen atoms in total. The number of aryl methyl sites for hydroxylation is 2. The van der Waals surface area contributed by atoms with Crippen LogP contribution in [0.25, 0.3) is 16.6 Å². The van der Waals surface area contributed by atoms with Gasteiger partial charge in [0.2, 0.25) is 0 Å². The molecule has 1 fully saturated rings. The zero-order valence-corrected chi connectivity index (χ0v) is 20.2. The molecule has 1 aliphatic rings. The van der Waals surface area contributed by atoms with E-state index < -0.39 is 10.0 Å². The molecule has 0 bridgehead atoms. The summed E-state index contributed by atoms with van der Waals surface area (Å²) >= 11 is 1.20. The third-order valence-electron chi connectivity index (χ3n) is 6.19. The number of rotatable bonds is 4. The van der Waals surface area contributed by atoms with Gasteiger partial charge in [-0.05, 0) is 68.4 Å². The van der Waals surface area contributed by atoms with Crippen LogP contribution in [-0.2, 0) is 10.0 Å². The van der Waals surface area contributed by atoms with Crippen molar-refractivity contribution in [2.24, 2.45) is 0 Å². The normalized spacial score (nSPS) is 18.2. The topological polar surface area (TPSA) is 71.3 Å². The number of hydrogen-bond donors (Lipinski definition) is 0. The predicted molar refractivity (Wildman–Crippen MR) is 127 cm³/mol. The number of halogens is 1. The number of fused-ring (bicyclic) bond motifs is 1. The van der Waals surface area contributed by atoms with Crippen LogP contribution in [0.15, 0.2) is 53.0 Å². The highest BCUT2D eigenvalue weighted by atomic mass is 32.2. The Hall–Kier alpha value is -2.66. The van der Waals surface area contributed by atoms with E-state index in [1.165, 1.54) is 29.7 Å². The average Bonchev–Trinajstić information content (AvgIpc) is 3.40. The van der Waals surface area contributed by atoms with Gasteiger partial charge < -0.3 is 0 Å². The minimum absolute atomic E-state index is 0.0823. The Morgan fingerprint density at radius 3 is 2.55 bits per heavy atom. The molecule has 3 heterocycles. The van der Waals surface area contributed by atoms with Crippen LogP contribution in [-0.4, -0.2) is 59.1 Å². The van der Waals surface area contributed by atoms with Crippen molar-refractivity contribution in [3.05, 3.63) is 70.7 Å². The summed E-state index contributed by atoms with van der Waals surface area (Å²) in [4.78, 5) is 6.32. The number of hydrogen-bond acceptors (Lipinski definition) is 6. The van der Waals surface area contributed by atoms with Gasteiger partial charge in [0.1, 0.15) is 5.82 Å². The minimum atomic E-state index is -3.58. The molecule has 0 aliphatic carbocycles. The molecule has 0 amide bonds. The van der Waals surface area contributed by atoms with Crippen LogP contribution in [0.3, 0.4) is 0 Å². The van der Waals surface area contributed by atoms with Gasteiger partial charge >= 0.3 is 0 Å². The number of thiazole rings is 1. The number of piperazine rings is 1. The standard InChI is InChI=1S/C23H24FN5O2S2/c1-15-10-21-17(12-26-29(21)19-6-4-18(24)5-7-19)11-20(15)22-14-28(9-8-27(22)3)33(30,31)23-13-25-16(2)32-23/h4-7,10-13,22H,8-9,14H2,1-3H3. The second-order valence-corrected chi connectivity index (χ2v) is 11.8. The molecule has 1 unspecified atom stereocenters. The summed E-state index contributed by atoms with van der Waals surface area (Å²) < 4.78 is 43.4. The maximum Gasteiger partial charge on any atom is 0.254 e. The highest BCUT2D eigenvalue weighted by Crippen LogP contribution is 2.33. The summed E-state index contributed by atoms with van der Waals surface area (Å²) in [5.74, 6) is -0.290. The van der Waals surface area contributed by atoms with Gasteiger partial charge in [0.15, 0.2) is 4.21 Å². The first-order chi connectivity index (χ1) is 15.7. The maximum atomic E-state index is 13.3. The Morgan fingerprint density at radius 2 is 1.85 bits per heavy atom. The molecule has 0 spiro atoms. The molecule has 33 heavy (non-hydrogen) atoms. The second kappa shape index (κ2) is 8.28. The van der Waals surface area contributed by atoms with Crippen molar-refractivity contribution >= 4 is 32.3 Å². The van der Waals surface area contributed by atoms with Crippen molar-refractivity contribution in [3.63, 3.8) is 0 Å². The van der Waals surface area contributed by atoms with Gasteiger partial charge in [-0.2, -0.15) is 9.40 Å². The fourth-order valence-corrected chi connectivity index (χ4v) is 7.04. The molecule has 4 aromatic rings. The summed E-state index contributed by atoms with van der Waals surface area (Å²) in [6.45, 7) is 5.28. The molecule has 1 aliphatic heterocycles. The third-order valence-corrected chi connectivity index (χ3v) is 9.41. The highest BCUT2D eigenvalue weighted by molar-refractivity contribution is 7.91. The van der Waals surface area contributed by atoms with Gasteiger partial charge in [0, 0.05) is 31.1 Å². The summed E-state index contributed by atoms with van der Waals surface area (Å²) in [6.07, 6.45) is 3.24. The highest BCUT2D eigenvalue weighted by Gasteiger charge is 2.35. The summed E-state index contributed by atoms with van der Waals surface area (Å²) in [5, 5.41) is 6.19. The second-order valence-electron chi connectivity index (χ2n) is 8.36. The summed E-state index contributed by atoms with van der Waals surface area (Å²) in [6, 6.07) is 10.3. The van der Waals surface area contributed by atoms with Crippen LogP contribution in [0.5, 0.6) is 0 Å². The zero-order valence-electron chi connectivity index (χ0n) is 18.6. The van der Waals surface area contributed by atoms with Crippen LogP contribution in [0.2, 0.25) is 0 Å². The van der Waals surface area contributed by atoms with Gasteiger partial charge in [0.25, 0.3) is 10.0 Å². The van der Waals surface area contributed by atoms with E-state index in [9.17, 15) is 12.8 Å². The van der Waals surface area contributed by atoms with Crippen LogP contribution in [0.1, 0.15) is 22.2 Å². The SMILES string of the molecule is Cc1ncc(S(=O)(=O)N2CCN(C)C(c3cc4cnn(-c5ccc(F)cc5)c4cc3C)C2)s1. The van der Waals surface area contributed by atoms with Crippen LogP contribution in [0, 0.1) is 19.7 Å². The molecule has 1 saturated heterocycles. The Bertz CT molecular complexity index is 1430. The minimum Gasteiger partial charge on any atom is -0.297 e. The summed E-state index contributed by atoms with van der Waals surface area (Å²) in [5.41, 5.74) is 3.83. The lowest BCUT2D eigenvalue weighted by Gasteiger charge is -2.39. The van der Waals surface area contributed by atoms with E-state index in [2.05, 4.69) is 27.1 Å². The molecule has 172 valence electrons. The fraction of sp³-hybridized carbons (Fsp3) is 0.304. The first-order valence-electron chi connectivity index (χ1n) is 10.6. The first kappa shape index (κ1) is 22.1. The Balaban J connectivity index is 1.50. The van der Waals surface area contributed by atoms with E-state index in [0.717, 1.165) is 32.7 Å². The van der Waals surface area contributed by atoms with Gasteiger partial charge in [-0.15, -0.1) is 11.3 Å². The Kier molecular flexibility index (Phi) is 5.56. The molecular formula is C23H24FN5O2S2. The van der Waals surface area contributed by atoms with Gasteiger partial charge in [-0.25, -0.2) is 22.5 Å². The van der Waals surface area contributed by atoms with E-state index in [1.54, 1.807) is 34.2 Å². The number of nitrogens with zero attached hydrogens (tertiary/aromatic N) is 5. The maximum absolute atomic E-state index is 13.3. The molecule has 2 aromatic heterocycles. The van der Waals surface area contributed by atoms with Crippen molar-refractivity contribution in [2.45, 2.75) is 24.1 Å². The molecule has 1 atom stereocenters. The molecule has 2 aromatic carbocycles. The molecule has 10 heteroatoms. The van der Waals surface area contributed by atoms with E-state index in [0.29, 0.717) is 19.6 Å². The Labute approximate surface area is 196 Å². The van der Waals surface area contributed by atoms with Gasteiger partial charge in [-0.3, -0.25) is 4.90 Å². The quantitative estimate of drug-likeness (QED) is 0.438. The van der Waals surface area contributed by atoms with Crippen molar-refractivity contribution in [1.82, 2.24) is 24.0 Å². The number of aromatic nitrogens is 3. The van der Waals surface area contributed by atoms with E-state index in [4.69, 9.17) is 0 Å². The fourth-order valence-electron chi connectivity index (χ4n) is 4.33. The van der Waals surface area contributed by atoms with Crippen molar-refractivity contribution < 1.29 is 12.8 Å². The number of benzene rings is 2. The zero-order chi connectivity index (χ0) is 23.3. The monoisotopic (exact) mass is 485 g/mol. The van der Waals surface area contributed by atoms with Crippen molar-refractivity contribution in [2.75, 3.05) is 26.7 Å². The van der Waals surface area contributed by atoms with E-state index >= 15 is 0 Å². The van der Waals surface area contributed by atoms with Crippen molar-refractivity contribution in [3.8, 4) is 5.69 Å². The lowest BCUT2D eigenvalue weighted by atomic mass is 9.97. The number of sulfonamides is 1. The van der Waals surface area contributed by atoms with Crippen LogP contribution < -0.4 is 0 Å². The number of likely N-dealkylation sites (N-methyl/N-ethyl adjacent to an activating group) is 1. The Morgan fingerprint density at radius 1 is 1.09 bits per heavy atom. The van der Waals surface area contributed by atoms with Crippen LogP contribution in [0.4, 0.5) is 4.39 Å². The molecule has 0 saturated carbocycles. The lowest BCUT2D eigenvalue weighted by Crippen LogP contribution is -2.48. The molecule has 0 radical (unpaired) electrons. The molecule has 0 N–H and O–H groups in total. The summed E-state index contributed by atoms with van der Waals surface area (Å²) in [7, 11) is -1.56. The molecule has 5 rings (SSSR count). The van der Waals surface area contributed by atoms with Gasteiger partial charge in [-0.1, -0.05) is 0 Å². The van der Waals surface area contributed by atoms with E-state index in [-0.39, 0.29) is 16.1 Å². The van der Waals surface area contributed by atoms with Crippen LogP contribution >= 0.6 is 11.3 Å². The largest absolute Gasteiger partial charge is 0.297 e. The van der Waals surface area contributed by atoms with E-state index in [1.807, 2.05) is 14.0 Å². The smallest absolute Gasteiger partial charge is 0.254 e. The first-order valence-corrected chi connectivity index (χ1v) is 12.9.